The van der Waals surface area contributed by atoms with E-state index in [1.54, 1.807) is 6.08 Å². The van der Waals surface area contributed by atoms with Crippen LogP contribution in [0, 0.1) is 0 Å². The molecule has 13 heavy (non-hydrogen) atoms. The maximum absolute atomic E-state index is 8.88. The molecular formula is C11H14O2. The monoisotopic (exact) mass is 178 g/mol. The molecule has 0 fully saturated rings. The van der Waals surface area contributed by atoms with Crippen LogP contribution in [-0.2, 0) is 6.61 Å². The summed E-state index contributed by atoms with van der Waals surface area (Å²) in [7, 11) is 0. The highest BCUT2D eigenvalue weighted by Crippen LogP contribution is 2.14. The van der Waals surface area contributed by atoms with Crippen LogP contribution in [0.5, 0.6) is 5.75 Å². The van der Waals surface area contributed by atoms with E-state index in [2.05, 4.69) is 6.58 Å². The Kier molecular flexibility index (Phi) is 3.53. The highest BCUT2D eigenvalue weighted by molar-refractivity contribution is 5.28. The summed E-state index contributed by atoms with van der Waals surface area (Å²) in [4.78, 5) is 0. The van der Waals surface area contributed by atoms with Crippen molar-refractivity contribution in [2.75, 3.05) is 0 Å². The minimum atomic E-state index is -0.00561. The standard InChI is InChI=1S/C11H14O2/c1-3-9(2)13-11-6-4-5-10(7-11)8-12/h3-7,9,12H,1,8H2,2H3. The fraction of sp³-hybridized carbons (Fsp3) is 0.273. The van der Waals surface area contributed by atoms with Crippen molar-refractivity contribution in [3.05, 3.63) is 42.5 Å². The molecule has 0 spiro atoms. The number of hydrogen-bond acceptors (Lipinski definition) is 2. The van der Waals surface area contributed by atoms with E-state index in [-0.39, 0.29) is 12.7 Å². The van der Waals surface area contributed by atoms with Crippen molar-refractivity contribution in [3.8, 4) is 5.75 Å². The van der Waals surface area contributed by atoms with Gasteiger partial charge in [-0.2, -0.15) is 0 Å². The number of aliphatic hydroxyl groups excluding tert-OH is 1. The van der Waals surface area contributed by atoms with Crippen LogP contribution in [0.2, 0.25) is 0 Å². The van der Waals surface area contributed by atoms with Crippen molar-refractivity contribution in [3.63, 3.8) is 0 Å². The quantitative estimate of drug-likeness (QED) is 0.716. The minimum Gasteiger partial charge on any atom is -0.487 e. The van der Waals surface area contributed by atoms with Gasteiger partial charge in [-0.05, 0) is 24.6 Å². The zero-order chi connectivity index (χ0) is 9.68. The van der Waals surface area contributed by atoms with Gasteiger partial charge in [0.25, 0.3) is 0 Å². The average molecular weight is 178 g/mol. The Hall–Kier alpha value is -1.28. The largest absolute Gasteiger partial charge is 0.487 e. The summed E-state index contributed by atoms with van der Waals surface area (Å²) in [5, 5.41) is 8.88. The summed E-state index contributed by atoms with van der Waals surface area (Å²) in [6.45, 7) is 5.58. The predicted molar refractivity (Wildman–Crippen MR) is 52.7 cm³/mol. The third-order valence-electron chi connectivity index (χ3n) is 1.73. The molecule has 0 saturated heterocycles. The van der Waals surface area contributed by atoms with Crippen LogP contribution in [0.1, 0.15) is 12.5 Å². The first kappa shape index (κ1) is 9.81. The fourth-order valence-corrected chi connectivity index (χ4v) is 0.980. The van der Waals surface area contributed by atoms with Crippen molar-refractivity contribution < 1.29 is 9.84 Å². The molecule has 0 aliphatic rings. The first-order chi connectivity index (χ1) is 6.26. The molecule has 0 aliphatic carbocycles. The Balaban J connectivity index is 2.71. The van der Waals surface area contributed by atoms with Gasteiger partial charge in [0, 0.05) is 0 Å². The van der Waals surface area contributed by atoms with Gasteiger partial charge in [-0.15, -0.1) is 0 Å². The lowest BCUT2D eigenvalue weighted by molar-refractivity contribution is 0.264. The Morgan fingerprint density at radius 3 is 3.00 bits per heavy atom. The van der Waals surface area contributed by atoms with E-state index >= 15 is 0 Å². The topological polar surface area (TPSA) is 29.5 Å². The van der Waals surface area contributed by atoms with Gasteiger partial charge in [-0.3, -0.25) is 0 Å². The van der Waals surface area contributed by atoms with E-state index in [1.807, 2.05) is 31.2 Å². The second-order valence-corrected chi connectivity index (χ2v) is 2.86. The van der Waals surface area contributed by atoms with Crippen LogP contribution in [0.3, 0.4) is 0 Å². The van der Waals surface area contributed by atoms with Crippen molar-refractivity contribution in [1.82, 2.24) is 0 Å². The third kappa shape index (κ3) is 2.92. The fourth-order valence-electron chi connectivity index (χ4n) is 0.980. The van der Waals surface area contributed by atoms with Gasteiger partial charge in [-0.1, -0.05) is 24.8 Å². The van der Waals surface area contributed by atoms with Gasteiger partial charge in [0.15, 0.2) is 0 Å². The number of rotatable bonds is 4. The van der Waals surface area contributed by atoms with Crippen molar-refractivity contribution in [2.45, 2.75) is 19.6 Å². The van der Waals surface area contributed by atoms with Crippen molar-refractivity contribution >= 4 is 0 Å². The molecule has 0 aliphatic heterocycles. The van der Waals surface area contributed by atoms with Crippen LogP contribution in [0.4, 0.5) is 0 Å². The summed E-state index contributed by atoms with van der Waals surface area (Å²) in [6, 6.07) is 7.39. The van der Waals surface area contributed by atoms with Gasteiger partial charge in [0.1, 0.15) is 11.9 Å². The first-order valence-electron chi connectivity index (χ1n) is 4.25. The molecule has 1 atom stereocenters. The van der Waals surface area contributed by atoms with E-state index in [1.165, 1.54) is 0 Å². The molecule has 2 nitrogen and oxygen atoms in total. The highest BCUT2D eigenvalue weighted by atomic mass is 16.5. The smallest absolute Gasteiger partial charge is 0.120 e. The molecule has 1 aromatic carbocycles. The van der Waals surface area contributed by atoms with Gasteiger partial charge in [0.2, 0.25) is 0 Å². The molecule has 0 radical (unpaired) electrons. The summed E-state index contributed by atoms with van der Waals surface area (Å²) in [5.74, 6) is 0.763. The van der Waals surface area contributed by atoms with Crippen LogP contribution in [-0.4, -0.2) is 11.2 Å². The Morgan fingerprint density at radius 2 is 2.38 bits per heavy atom. The average Bonchev–Trinajstić information content (AvgIpc) is 2.18. The predicted octanol–water partition coefficient (Wildman–Crippen LogP) is 2.13. The number of benzene rings is 1. The van der Waals surface area contributed by atoms with E-state index in [4.69, 9.17) is 9.84 Å². The van der Waals surface area contributed by atoms with Crippen LogP contribution >= 0.6 is 0 Å². The summed E-state index contributed by atoms with van der Waals surface area (Å²) in [6.07, 6.45) is 1.72. The molecule has 70 valence electrons. The SMILES string of the molecule is C=CC(C)Oc1cccc(CO)c1. The molecule has 2 heteroatoms. The lowest BCUT2D eigenvalue weighted by atomic mass is 10.2. The molecule has 0 aromatic heterocycles. The summed E-state index contributed by atoms with van der Waals surface area (Å²) < 4.78 is 5.48. The van der Waals surface area contributed by atoms with Gasteiger partial charge >= 0.3 is 0 Å². The molecule has 0 saturated carbocycles. The Morgan fingerprint density at radius 1 is 1.62 bits per heavy atom. The normalized spacial score (nSPS) is 12.2. The molecule has 1 aromatic rings. The van der Waals surface area contributed by atoms with Crippen molar-refractivity contribution in [2.24, 2.45) is 0 Å². The van der Waals surface area contributed by atoms with Crippen molar-refractivity contribution in [1.29, 1.82) is 0 Å². The van der Waals surface area contributed by atoms with Crippen LogP contribution < -0.4 is 4.74 Å². The number of aliphatic hydroxyl groups is 1. The van der Waals surface area contributed by atoms with E-state index < -0.39 is 0 Å². The lowest BCUT2D eigenvalue weighted by Crippen LogP contribution is -2.07. The minimum absolute atomic E-state index is 0.00561. The number of hydrogen-bond donors (Lipinski definition) is 1. The van der Waals surface area contributed by atoms with E-state index in [9.17, 15) is 0 Å². The summed E-state index contributed by atoms with van der Waals surface area (Å²) >= 11 is 0. The molecule has 1 rings (SSSR count). The molecule has 0 bridgehead atoms. The molecule has 0 heterocycles. The zero-order valence-corrected chi connectivity index (χ0v) is 7.73. The van der Waals surface area contributed by atoms with Gasteiger partial charge < -0.3 is 9.84 Å². The van der Waals surface area contributed by atoms with Gasteiger partial charge in [-0.25, -0.2) is 0 Å². The second kappa shape index (κ2) is 4.67. The van der Waals surface area contributed by atoms with E-state index in [0.29, 0.717) is 0 Å². The molecular weight excluding hydrogens is 164 g/mol. The van der Waals surface area contributed by atoms with Crippen LogP contribution in [0.15, 0.2) is 36.9 Å². The molecule has 0 amide bonds. The van der Waals surface area contributed by atoms with Crippen LogP contribution in [0.25, 0.3) is 0 Å². The van der Waals surface area contributed by atoms with E-state index in [0.717, 1.165) is 11.3 Å². The third-order valence-corrected chi connectivity index (χ3v) is 1.73. The summed E-state index contributed by atoms with van der Waals surface area (Å²) in [5.41, 5.74) is 0.855. The maximum Gasteiger partial charge on any atom is 0.120 e. The Bertz CT molecular complexity index is 281. The first-order valence-corrected chi connectivity index (χ1v) is 4.25. The Labute approximate surface area is 78.5 Å². The maximum atomic E-state index is 8.88. The molecule has 1 unspecified atom stereocenters. The van der Waals surface area contributed by atoms with Gasteiger partial charge in [0.05, 0.1) is 6.61 Å². The molecule has 1 N–H and O–H groups in total. The zero-order valence-electron chi connectivity index (χ0n) is 7.73. The second-order valence-electron chi connectivity index (χ2n) is 2.86. The lowest BCUT2D eigenvalue weighted by Gasteiger charge is -2.10. The highest BCUT2D eigenvalue weighted by Gasteiger charge is 1.99. The number of ether oxygens (including phenoxy) is 1.